The van der Waals surface area contributed by atoms with Gasteiger partial charge in [-0.2, -0.15) is 0 Å². The van der Waals surface area contributed by atoms with E-state index in [0.29, 0.717) is 5.69 Å². The second-order valence-corrected chi connectivity index (χ2v) is 4.15. The fourth-order valence-electron chi connectivity index (χ4n) is 1.74. The number of carboxylic acids is 1. The number of hydrogen-bond acceptors (Lipinski definition) is 2. The molecule has 0 aliphatic rings. The zero-order valence-electron chi connectivity index (χ0n) is 10.7. The summed E-state index contributed by atoms with van der Waals surface area (Å²) in [6, 6.07) is 16.6. The molecule has 2 rings (SSSR count). The van der Waals surface area contributed by atoms with Crippen LogP contribution in [0.3, 0.4) is 0 Å². The number of anilines is 1. The zero-order chi connectivity index (χ0) is 14.4. The number of amides is 2. The molecule has 0 aliphatic carbocycles. The van der Waals surface area contributed by atoms with Crippen molar-refractivity contribution in [3.05, 3.63) is 54.6 Å². The molecular formula is C15H14N2O3. The van der Waals surface area contributed by atoms with Gasteiger partial charge in [0.1, 0.15) is 6.54 Å². The van der Waals surface area contributed by atoms with Crippen molar-refractivity contribution in [2.24, 2.45) is 0 Å². The number of urea groups is 1. The lowest BCUT2D eigenvalue weighted by atomic mass is 10.1. The number of aliphatic carboxylic acids is 1. The van der Waals surface area contributed by atoms with Crippen molar-refractivity contribution in [1.29, 1.82) is 0 Å². The van der Waals surface area contributed by atoms with Gasteiger partial charge in [0.05, 0.1) is 0 Å². The summed E-state index contributed by atoms with van der Waals surface area (Å²) in [6.45, 7) is -0.412. The number of carboxylic acid groups (broad SMARTS) is 1. The Morgan fingerprint density at radius 3 is 2.35 bits per heavy atom. The zero-order valence-corrected chi connectivity index (χ0v) is 10.7. The molecule has 20 heavy (non-hydrogen) atoms. The van der Waals surface area contributed by atoms with E-state index >= 15 is 0 Å². The summed E-state index contributed by atoms with van der Waals surface area (Å²) in [5, 5.41) is 13.3. The molecule has 3 N–H and O–H groups in total. The molecule has 5 heteroatoms. The largest absolute Gasteiger partial charge is 0.480 e. The summed E-state index contributed by atoms with van der Waals surface area (Å²) < 4.78 is 0. The van der Waals surface area contributed by atoms with E-state index in [1.807, 2.05) is 48.5 Å². The molecule has 5 nitrogen and oxygen atoms in total. The van der Waals surface area contributed by atoms with Crippen LogP contribution in [0.2, 0.25) is 0 Å². The first kappa shape index (κ1) is 13.6. The first-order valence-corrected chi connectivity index (χ1v) is 6.07. The highest BCUT2D eigenvalue weighted by molar-refractivity contribution is 5.91. The summed E-state index contributed by atoms with van der Waals surface area (Å²) in [5.41, 5.74) is 2.62. The molecule has 0 saturated carbocycles. The van der Waals surface area contributed by atoms with Gasteiger partial charge in [0.15, 0.2) is 0 Å². The molecule has 2 aromatic carbocycles. The number of hydrogen-bond donors (Lipinski definition) is 3. The van der Waals surface area contributed by atoms with Crippen molar-refractivity contribution in [1.82, 2.24) is 5.32 Å². The third kappa shape index (κ3) is 3.84. The summed E-state index contributed by atoms with van der Waals surface area (Å²) in [5.74, 6) is -1.09. The van der Waals surface area contributed by atoms with Gasteiger partial charge in [0.25, 0.3) is 0 Å². The van der Waals surface area contributed by atoms with Crippen molar-refractivity contribution in [2.75, 3.05) is 11.9 Å². The van der Waals surface area contributed by atoms with Crippen LogP contribution in [-0.4, -0.2) is 23.7 Å². The van der Waals surface area contributed by atoms with E-state index < -0.39 is 18.5 Å². The molecule has 0 aliphatic heterocycles. The Kier molecular flexibility index (Phi) is 4.34. The molecule has 0 fully saturated rings. The lowest BCUT2D eigenvalue weighted by Gasteiger charge is -2.08. The number of benzene rings is 2. The molecule has 0 aromatic heterocycles. The summed E-state index contributed by atoms with van der Waals surface area (Å²) >= 11 is 0. The van der Waals surface area contributed by atoms with Crippen LogP contribution in [0.4, 0.5) is 10.5 Å². The summed E-state index contributed by atoms with van der Waals surface area (Å²) in [6.07, 6.45) is 0. The van der Waals surface area contributed by atoms with Crippen LogP contribution in [0.25, 0.3) is 11.1 Å². The average molecular weight is 270 g/mol. The Labute approximate surface area is 116 Å². The normalized spacial score (nSPS) is 9.80. The quantitative estimate of drug-likeness (QED) is 0.799. The van der Waals surface area contributed by atoms with Crippen molar-refractivity contribution in [3.8, 4) is 11.1 Å². The van der Waals surface area contributed by atoms with Gasteiger partial charge in [-0.15, -0.1) is 0 Å². The molecular weight excluding hydrogens is 256 g/mol. The van der Waals surface area contributed by atoms with Crippen molar-refractivity contribution < 1.29 is 14.7 Å². The van der Waals surface area contributed by atoms with Gasteiger partial charge in [-0.05, 0) is 23.3 Å². The maximum absolute atomic E-state index is 11.5. The van der Waals surface area contributed by atoms with Crippen molar-refractivity contribution in [2.45, 2.75) is 0 Å². The molecule has 0 saturated heterocycles. The van der Waals surface area contributed by atoms with Crippen LogP contribution in [0.5, 0.6) is 0 Å². The van der Waals surface area contributed by atoms with Crippen LogP contribution in [0.1, 0.15) is 0 Å². The minimum Gasteiger partial charge on any atom is -0.480 e. The van der Waals surface area contributed by atoms with Crippen LogP contribution >= 0.6 is 0 Å². The maximum atomic E-state index is 11.5. The van der Waals surface area contributed by atoms with Crippen LogP contribution in [-0.2, 0) is 4.79 Å². The highest BCUT2D eigenvalue weighted by Crippen LogP contribution is 2.22. The first-order chi connectivity index (χ1) is 9.65. The molecule has 102 valence electrons. The van der Waals surface area contributed by atoms with Gasteiger partial charge in [0, 0.05) is 5.69 Å². The maximum Gasteiger partial charge on any atom is 0.323 e. The SMILES string of the molecule is O=C(O)CNC(=O)Nc1cccc(-c2ccccc2)c1. The predicted octanol–water partition coefficient (Wildman–Crippen LogP) is 2.56. The molecule has 0 bridgehead atoms. The van der Waals surface area contributed by atoms with E-state index in [1.165, 1.54) is 0 Å². The lowest BCUT2D eigenvalue weighted by Crippen LogP contribution is -2.33. The summed E-state index contributed by atoms with van der Waals surface area (Å²) in [7, 11) is 0. The molecule has 2 aromatic rings. The van der Waals surface area contributed by atoms with Gasteiger partial charge < -0.3 is 15.7 Å². The molecule has 0 unspecified atom stereocenters. The Morgan fingerprint density at radius 2 is 1.65 bits per heavy atom. The Bertz CT molecular complexity index is 612. The minimum absolute atomic E-state index is 0.412. The van der Waals surface area contributed by atoms with Gasteiger partial charge >= 0.3 is 12.0 Å². The second kappa shape index (κ2) is 6.38. The van der Waals surface area contributed by atoms with E-state index in [4.69, 9.17) is 5.11 Å². The first-order valence-electron chi connectivity index (χ1n) is 6.07. The number of carbonyl (C=O) groups excluding carboxylic acids is 1. The average Bonchev–Trinajstić information content (AvgIpc) is 2.46. The standard InChI is InChI=1S/C15H14N2O3/c18-14(19)10-16-15(20)17-13-8-4-7-12(9-13)11-5-2-1-3-6-11/h1-9H,10H2,(H,18,19)(H2,16,17,20). The number of carbonyl (C=O) groups is 2. The smallest absolute Gasteiger partial charge is 0.323 e. The third-order valence-electron chi connectivity index (χ3n) is 2.63. The van der Waals surface area contributed by atoms with Gasteiger partial charge in [-0.1, -0.05) is 42.5 Å². The Hall–Kier alpha value is -2.82. The van der Waals surface area contributed by atoms with Crippen molar-refractivity contribution >= 4 is 17.7 Å². The van der Waals surface area contributed by atoms with Gasteiger partial charge in [-0.25, -0.2) is 4.79 Å². The lowest BCUT2D eigenvalue weighted by molar-refractivity contribution is -0.135. The van der Waals surface area contributed by atoms with Crippen molar-refractivity contribution in [3.63, 3.8) is 0 Å². The Morgan fingerprint density at radius 1 is 0.950 bits per heavy atom. The highest BCUT2D eigenvalue weighted by Gasteiger charge is 2.04. The monoisotopic (exact) mass is 270 g/mol. The molecule has 0 spiro atoms. The third-order valence-corrected chi connectivity index (χ3v) is 2.63. The molecule has 2 amide bonds. The predicted molar refractivity (Wildman–Crippen MR) is 76.5 cm³/mol. The number of nitrogens with one attached hydrogen (secondary N) is 2. The number of rotatable bonds is 4. The van der Waals surface area contributed by atoms with Gasteiger partial charge in [-0.3, -0.25) is 4.79 Å². The van der Waals surface area contributed by atoms with Crippen LogP contribution in [0, 0.1) is 0 Å². The topological polar surface area (TPSA) is 78.4 Å². The van der Waals surface area contributed by atoms with E-state index in [2.05, 4.69) is 10.6 Å². The summed E-state index contributed by atoms with van der Waals surface area (Å²) in [4.78, 5) is 21.8. The van der Waals surface area contributed by atoms with Gasteiger partial charge in [0.2, 0.25) is 0 Å². The molecule has 0 atom stereocenters. The van der Waals surface area contributed by atoms with E-state index in [1.54, 1.807) is 6.07 Å². The fraction of sp³-hybridized carbons (Fsp3) is 0.0667. The Balaban J connectivity index is 2.07. The van der Waals surface area contributed by atoms with Crippen LogP contribution < -0.4 is 10.6 Å². The molecule has 0 radical (unpaired) electrons. The minimum atomic E-state index is -1.09. The highest BCUT2D eigenvalue weighted by atomic mass is 16.4. The van der Waals surface area contributed by atoms with E-state index in [0.717, 1.165) is 11.1 Å². The fourth-order valence-corrected chi connectivity index (χ4v) is 1.74. The second-order valence-electron chi connectivity index (χ2n) is 4.15. The van der Waals surface area contributed by atoms with Crippen LogP contribution in [0.15, 0.2) is 54.6 Å². The van der Waals surface area contributed by atoms with E-state index in [-0.39, 0.29) is 0 Å². The molecule has 0 heterocycles. The van der Waals surface area contributed by atoms with E-state index in [9.17, 15) is 9.59 Å².